The van der Waals surface area contributed by atoms with Crippen LogP contribution in [0.5, 0.6) is 0 Å². The number of benzene rings is 2. The summed E-state index contributed by atoms with van der Waals surface area (Å²) in [6.45, 7) is -0.827. The molecule has 120 valence electrons. The second-order valence-corrected chi connectivity index (χ2v) is 4.37. The SMILES string of the molecule is O=C(COC(=O)c1ccc(F)cc1F)Nc1ccc(F)cc1F. The molecule has 2 aromatic carbocycles. The summed E-state index contributed by atoms with van der Waals surface area (Å²) in [5.41, 5.74) is -0.854. The van der Waals surface area contributed by atoms with Gasteiger partial charge in [0.15, 0.2) is 6.61 Å². The van der Waals surface area contributed by atoms with Crippen LogP contribution < -0.4 is 5.32 Å². The summed E-state index contributed by atoms with van der Waals surface area (Å²) in [4.78, 5) is 23.1. The van der Waals surface area contributed by atoms with Gasteiger partial charge in [0.05, 0.1) is 11.3 Å². The van der Waals surface area contributed by atoms with Crippen LogP contribution in [0.25, 0.3) is 0 Å². The van der Waals surface area contributed by atoms with Crippen LogP contribution in [-0.4, -0.2) is 18.5 Å². The summed E-state index contributed by atoms with van der Waals surface area (Å²) >= 11 is 0. The summed E-state index contributed by atoms with van der Waals surface area (Å²) in [6, 6.07) is 4.70. The Bertz CT molecular complexity index is 764. The standard InChI is InChI=1S/C15H9F4NO3/c16-8-1-3-10(11(18)5-8)15(22)23-7-14(21)20-13-4-2-9(17)6-12(13)19/h1-6H,7H2,(H,20,21). The fourth-order valence-corrected chi connectivity index (χ4v) is 1.64. The summed E-state index contributed by atoms with van der Waals surface area (Å²) in [6.07, 6.45) is 0. The number of nitrogens with one attached hydrogen (secondary N) is 1. The lowest BCUT2D eigenvalue weighted by atomic mass is 10.2. The second kappa shape index (κ2) is 6.91. The molecule has 1 N–H and O–H groups in total. The van der Waals surface area contributed by atoms with Crippen molar-refractivity contribution in [3.8, 4) is 0 Å². The topological polar surface area (TPSA) is 55.4 Å². The number of ether oxygens (including phenoxy) is 1. The lowest BCUT2D eigenvalue weighted by molar-refractivity contribution is -0.119. The fourth-order valence-electron chi connectivity index (χ4n) is 1.64. The first-order valence-electron chi connectivity index (χ1n) is 6.24. The Kier molecular flexibility index (Phi) is 4.95. The first-order valence-corrected chi connectivity index (χ1v) is 6.24. The van der Waals surface area contributed by atoms with Gasteiger partial charge in [0.1, 0.15) is 23.3 Å². The summed E-state index contributed by atoms with van der Waals surface area (Å²) in [5, 5.41) is 2.06. The normalized spacial score (nSPS) is 10.3. The number of halogens is 4. The molecular weight excluding hydrogens is 318 g/mol. The molecule has 0 saturated heterocycles. The van der Waals surface area contributed by atoms with Crippen LogP contribution in [0, 0.1) is 23.3 Å². The minimum absolute atomic E-state index is 0.305. The molecule has 0 spiro atoms. The molecule has 0 bridgehead atoms. The molecule has 1 amide bonds. The third-order valence-electron chi connectivity index (χ3n) is 2.69. The molecule has 2 rings (SSSR count). The van der Waals surface area contributed by atoms with Gasteiger partial charge in [-0.1, -0.05) is 0 Å². The summed E-state index contributed by atoms with van der Waals surface area (Å²) in [7, 11) is 0. The van der Waals surface area contributed by atoms with Gasteiger partial charge < -0.3 is 10.1 Å². The van der Waals surface area contributed by atoms with E-state index in [1.165, 1.54) is 0 Å². The van der Waals surface area contributed by atoms with Crippen LogP contribution in [0.3, 0.4) is 0 Å². The van der Waals surface area contributed by atoms with Crippen molar-refractivity contribution in [1.82, 2.24) is 0 Å². The number of rotatable bonds is 4. The van der Waals surface area contributed by atoms with Crippen molar-refractivity contribution in [2.75, 3.05) is 11.9 Å². The Labute approximate surface area is 127 Å². The number of carbonyl (C=O) groups excluding carboxylic acids is 2. The van der Waals surface area contributed by atoms with Crippen molar-refractivity contribution in [3.63, 3.8) is 0 Å². The highest BCUT2D eigenvalue weighted by Crippen LogP contribution is 2.15. The van der Waals surface area contributed by atoms with Crippen LogP contribution >= 0.6 is 0 Å². The molecule has 0 saturated carbocycles. The van der Waals surface area contributed by atoms with Crippen molar-refractivity contribution in [1.29, 1.82) is 0 Å². The Morgan fingerprint density at radius 1 is 0.913 bits per heavy atom. The van der Waals surface area contributed by atoms with Gasteiger partial charge in [0.2, 0.25) is 0 Å². The number of esters is 1. The van der Waals surface area contributed by atoms with Crippen LogP contribution in [0.1, 0.15) is 10.4 Å². The minimum Gasteiger partial charge on any atom is -0.452 e. The van der Waals surface area contributed by atoms with E-state index in [1.54, 1.807) is 0 Å². The molecule has 0 unspecified atom stereocenters. The van der Waals surface area contributed by atoms with Crippen molar-refractivity contribution in [2.24, 2.45) is 0 Å². The van der Waals surface area contributed by atoms with E-state index >= 15 is 0 Å². The van der Waals surface area contributed by atoms with Crippen molar-refractivity contribution < 1.29 is 31.9 Å². The zero-order chi connectivity index (χ0) is 17.0. The fraction of sp³-hybridized carbons (Fsp3) is 0.0667. The van der Waals surface area contributed by atoms with Crippen molar-refractivity contribution >= 4 is 17.6 Å². The van der Waals surface area contributed by atoms with Gasteiger partial charge in [0.25, 0.3) is 5.91 Å². The molecule has 0 aliphatic heterocycles. The number of hydrogen-bond donors (Lipinski definition) is 1. The highest BCUT2D eigenvalue weighted by Gasteiger charge is 2.16. The smallest absolute Gasteiger partial charge is 0.341 e. The van der Waals surface area contributed by atoms with Crippen molar-refractivity contribution in [3.05, 3.63) is 65.2 Å². The van der Waals surface area contributed by atoms with Gasteiger partial charge in [-0.3, -0.25) is 4.79 Å². The number of carbonyl (C=O) groups is 2. The zero-order valence-corrected chi connectivity index (χ0v) is 11.4. The van der Waals surface area contributed by atoms with Gasteiger partial charge in [-0.05, 0) is 24.3 Å². The Balaban J connectivity index is 1.94. The molecule has 4 nitrogen and oxygen atoms in total. The van der Waals surface area contributed by atoms with Gasteiger partial charge in [-0.25, -0.2) is 22.4 Å². The third-order valence-corrected chi connectivity index (χ3v) is 2.69. The number of anilines is 1. The van der Waals surface area contributed by atoms with Crippen LogP contribution in [-0.2, 0) is 9.53 Å². The largest absolute Gasteiger partial charge is 0.452 e. The maximum absolute atomic E-state index is 13.3. The average molecular weight is 327 g/mol. The van der Waals surface area contributed by atoms with E-state index < -0.39 is 47.3 Å². The molecular formula is C15H9F4NO3. The van der Waals surface area contributed by atoms with Gasteiger partial charge in [0, 0.05) is 12.1 Å². The predicted molar refractivity (Wildman–Crippen MR) is 71.6 cm³/mol. The summed E-state index contributed by atoms with van der Waals surface area (Å²) in [5.74, 6) is -5.93. The Hall–Kier alpha value is -2.90. The first kappa shape index (κ1) is 16.5. The highest BCUT2D eigenvalue weighted by molar-refractivity contribution is 5.95. The molecule has 23 heavy (non-hydrogen) atoms. The molecule has 0 atom stereocenters. The lowest BCUT2D eigenvalue weighted by Crippen LogP contribution is -2.22. The lowest BCUT2D eigenvalue weighted by Gasteiger charge is -2.08. The van der Waals surface area contributed by atoms with E-state index in [4.69, 9.17) is 0 Å². The highest BCUT2D eigenvalue weighted by atomic mass is 19.1. The minimum atomic E-state index is -1.18. The molecule has 0 heterocycles. The van der Waals surface area contributed by atoms with Crippen LogP contribution in [0.2, 0.25) is 0 Å². The molecule has 0 fully saturated rings. The maximum atomic E-state index is 13.3. The quantitative estimate of drug-likeness (QED) is 0.694. The monoisotopic (exact) mass is 327 g/mol. The molecule has 2 aromatic rings. The van der Waals surface area contributed by atoms with E-state index in [-0.39, 0.29) is 5.69 Å². The summed E-state index contributed by atoms with van der Waals surface area (Å²) < 4.78 is 56.6. The molecule has 0 aromatic heterocycles. The van der Waals surface area contributed by atoms with E-state index in [1.807, 2.05) is 0 Å². The first-order chi connectivity index (χ1) is 10.9. The van der Waals surface area contributed by atoms with Crippen LogP contribution in [0.15, 0.2) is 36.4 Å². The van der Waals surface area contributed by atoms with Crippen LogP contribution in [0.4, 0.5) is 23.2 Å². The van der Waals surface area contributed by atoms with E-state index in [2.05, 4.69) is 10.1 Å². The van der Waals surface area contributed by atoms with Crippen molar-refractivity contribution in [2.45, 2.75) is 0 Å². The van der Waals surface area contributed by atoms with Gasteiger partial charge >= 0.3 is 5.97 Å². The van der Waals surface area contributed by atoms with E-state index in [0.717, 1.165) is 24.3 Å². The molecule has 0 aliphatic rings. The number of hydrogen-bond acceptors (Lipinski definition) is 3. The maximum Gasteiger partial charge on any atom is 0.341 e. The molecule has 0 aliphatic carbocycles. The number of amides is 1. The van der Waals surface area contributed by atoms with E-state index in [9.17, 15) is 27.2 Å². The Morgan fingerprint density at radius 3 is 2.13 bits per heavy atom. The van der Waals surface area contributed by atoms with E-state index in [0.29, 0.717) is 12.1 Å². The molecule has 0 radical (unpaired) electrons. The Morgan fingerprint density at radius 2 is 1.52 bits per heavy atom. The predicted octanol–water partition coefficient (Wildman–Crippen LogP) is 3.04. The molecule has 8 heteroatoms. The van der Waals surface area contributed by atoms with Gasteiger partial charge in [-0.15, -0.1) is 0 Å². The van der Waals surface area contributed by atoms with Gasteiger partial charge in [-0.2, -0.15) is 0 Å². The average Bonchev–Trinajstić information content (AvgIpc) is 2.48. The second-order valence-electron chi connectivity index (χ2n) is 4.37. The third kappa shape index (κ3) is 4.29. The zero-order valence-electron chi connectivity index (χ0n) is 11.4.